The highest BCUT2D eigenvalue weighted by Crippen LogP contribution is 2.13. The molecular formula is C17H19F2N3O3. The first-order chi connectivity index (χ1) is 11.8. The molecular weight excluding hydrogens is 332 g/mol. The Morgan fingerprint density at radius 2 is 1.92 bits per heavy atom. The summed E-state index contributed by atoms with van der Waals surface area (Å²) in [5.74, 6) is -2.45. The molecule has 2 aromatic rings. The second-order valence-corrected chi connectivity index (χ2v) is 6.10. The molecule has 0 aliphatic rings. The molecule has 1 aromatic carbocycles. The molecule has 25 heavy (non-hydrogen) atoms. The van der Waals surface area contributed by atoms with Crippen molar-refractivity contribution in [2.45, 2.75) is 33.2 Å². The van der Waals surface area contributed by atoms with Gasteiger partial charge in [0.25, 0.3) is 5.91 Å². The van der Waals surface area contributed by atoms with E-state index < -0.39 is 29.5 Å². The molecule has 1 atom stereocenters. The minimum Gasteiger partial charge on any atom is -0.360 e. The van der Waals surface area contributed by atoms with E-state index in [2.05, 4.69) is 15.8 Å². The monoisotopic (exact) mass is 351 g/mol. The highest BCUT2D eigenvalue weighted by atomic mass is 19.2. The quantitative estimate of drug-likeness (QED) is 0.838. The van der Waals surface area contributed by atoms with Gasteiger partial charge in [-0.3, -0.25) is 9.59 Å². The molecule has 0 saturated heterocycles. The van der Waals surface area contributed by atoms with Crippen molar-refractivity contribution < 1.29 is 22.9 Å². The van der Waals surface area contributed by atoms with Crippen molar-refractivity contribution in [3.05, 3.63) is 47.2 Å². The predicted octanol–water partition coefficient (Wildman–Crippen LogP) is 3.04. The molecule has 1 heterocycles. The Kier molecular flexibility index (Phi) is 5.84. The van der Waals surface area contributed by atoms with Gasteiger partial charge in [0.15, 0.2) is 17.5 Å². The van der Waals surface area contributed by atoms with Crippen LogP contribution in [0.15, 0.2) is 28.8 Å². The van der Waals surface area contributed by atoms with Crippen molar-refractivity contribution in [1.82, 2.24) is 10.5 Å². The van der Waals surface area contributed by atoms with Crippen LogP contribution in [0.3, 0.4) is 0 Å². The molecule has 6 nitrogen and oxygen atoms in total. The second kappa shape index (κ2) is 7.87. The van der Waals surface area contributed by atoms with E-state index >= 15 is 0 Å². The lowest BCUT2D eigenvalue weighted by Crippen LogP contribution is -2.44. The Balaban J connectivity index is 2.11. The lowest BCUT2D eigenvalue weighted by Gasteiger charge is -2.19. The summed E-state index contributed by atoms with van der Waals surface area (Å²) >= 11 is 0. The van der Waals surface area contributed by atoms with E-state index in [1.807, 2.05) is 13.8 Å². The highest BCUT2D eigenvalue weighted by Gasteiger charge is 2.24. The number of hydrogen-bond donors (Lipinski definition) is 2. The molecule has 0 saturated carbocycles. The van der Waals surface area contributed by atoms with Gasteiger partial charge >= 0.3 is 0 Å². The number of carbonyl (C=O) groups excluding carboxylic acids is 2. The average molecular weight is 351 g/mol. The van der Waals surface area contributed by atoms with Crippen molar-refractivity contribution in [3.8, 4) is 0 Å². The SMILES string of the molecule is Cc1cc(NC(=O)[C@@H](CC(C)C)NC(=O)c2ccc(F)c(F)c2)no1. The van der Waals surface area contributed by atoms with Gasteiger partial charge in [-0.2, -0.15) is 0 Å². The van der Waals surface area contributed by atoms with E-state index in [1.165, 1.54) is 0 Å². The maximum Gasteiger partial charge on any atom is 0.252 e. The lowest BCUT2D eigenvalue weighted by molar-refractivity contribution is -0.118. The van der Waals surface area contributed by atoms with Crippen LogP contribution in [-0.4, -0.2) is 23.0 Å². The number of hydrogen-bond acceptors (Lipinski definition) is 4. The zero-order valence-corrected chi connectivity index (χ0v) is 14.1. The molecule has 0 spiro atoms. The second-order valence-electron chi connectivity index (χ2n) is 6.10. The Morgan fingerprint density at radius 3 is 2.48 bits per heavy atom. The number of nitrogens with one attached hydrogen (secondary N) is 2. The van der Waals surface area contributed by atoms with Crippen LogP contribution < -0.4 is 10.6 Å². The summed E-state index contributed by atoms with van der Waals surface area (Å²) in [5.41, 5.74) is -0.0715. The third kappa shape index (κ3) is 5.10. The fourth-order valence-electron chi connectivity index (χ4n) is 2.22. The predicted molar refractivity (Wildman–Crippen MR) is 86.9 cm³/mol. The molecule has 0 radical (unpaired) electrons. The summed E-state index contributed by atoms with van der Waals surface area (Å²) in [4.78, 5) is 24.7. The third-order valence-corrected chi connectivity index (χ3v) is 3.39. The van der Waals surface area contributed by atoms with Crippen molar-refractivity contribution in [1.29, 1.82) is 0 Å². The topological polar surface area (TPSA) is 84.2 Å². The smallest absolute Gasteiger partial charge is 0.252 e. The molecule has 0 unspecified atom stereocenters. The number of anilines is 1. The fourth-order valence-corrected chi connectivity index (χ4v) is 2.22. The first kappa shape index (κ1) is 18.6. The Hall–Kier alpha value is -2.77. The molecule has 8 heteroatoms. The summed E-state index contributed by atoms with van der Waals surface area (Å²) in [6.07, 6.45) is 0.359. The van der Waals surface area contributed by atoms with Crippen LogP contribution in [0.1, 0.15) is 36.4 Å². The third-order valence-electron chi connectivity index (χ3n) is 3.39. The lowest BCUT2D eigenvalue weighted by atomic mass is 10.0. The summed E-state index contributed by atoms with van der Waals surface area (Å²) in [7, 11) is 0. The van der Waals surface area contributed by atoms with Crippen LogP contribution in [0.4, 0.5) is 14.6 Å². The number of benzene rings is 1. The maximum absolute atomic E-state index is 13.3. The van der Waals surface area contributed by atoms with Crippen LogP contribution in [0.25, 0.3) is 0 Å². The first-order valence-electron chi connectivity index (χ1n) is 7.76. The average Bonchev–Trinajstić information content (AvgIpc) is 2.93. The Bertz CT molecular complexity index is 774. The Morgan fingerprint density at radius 1 is 1.20 bits per heavy atom. The molecule has 0 fully saturated rings. The van der Waals surface area contributed by atoms with E-state index in [-0.39, 0.29) is 17.3 Å². The minimum atomic E-state index is -1.13. The van der Waals surface area contributed by atoms with Crippen molar-refractivity contribution >= 4 is 17.6 Å². The summed E-state index contributed by atoms with van der Waals surface area (Å²) in [5, 5.41) is 8.76. The molecule has 0 bridgehead atoms. The largest absolute Gasteiger partial charge is 0.360 e. The van der Waals surface area contributed by atoms with Gasteiger partial charge in [0, 0.05) is 11.6 Å². The number of halogens is 2. The molecule has 134 valence electrons. The van der Waals surface area contributed by atoms with Crippen LogP contribution in [0, 0.1) is 24.5 Å². The summed E-state index contributed by atoms with van der Waals surface area (Å²) < 4.78 is 31.1. The van der Waals surface area contributed by atoms with Gasteiger partial charge in [0.1, 0.15) is 11.8 Å². The zero-order chi connectivity index (χ0) is 18.6. The summed E-state index contributed by atoms with van der Waals surface area (Å²) in [6.45, 7) is 5.47. The fraction of sp³-hybridized carbons (Fsp3) is 0.353. The van der Waals surface area contributed by atoms with E-state index in [0.29, 0.717) is 12.2 Å². The van der Waals surface area contributed by atoms with Crippen LogP contribution in [-0.2, 0) is 4.79 Å². The summed E-state index contributed by atoms with van der Waals surface area (Å²) in [6, 6.07) is 3.48. The van der Waals surface area contributed by atoms with Gasteiger partial charge in [-0.25, -0.2) is 8.78 Å². The molecule has 0 aliphatic heterocycles. The first-order valence-corrected chi connectivity index (χ1v) is 7.76. The maximum atomic E-state index is 13.3. The van der Waals surface area contributed by atoms with Crippen LogP contribution >= 0.6 is 0 Å². The van der Waals surface area contributed by atoms with E-state index in [9.17, 15) is 18.4 Å². The van der Waals surface area contributed by atoms with Gasteiger partial charge in [-0.1, -0.05) is 19.0 Å². The Labute approximate surface area is 143 Å². The molecule has 2 rings (SSSR count). The number of aromatic nitrogens is 1. The van der Waals surface area contributed by atoms with Crippen LogP contribution in [0.5, 0.6) is 0 Å². The van der Waals surface area contributed by atoms with E-state index in [4.69, 9.17) is 4.52 Å². The van der Waals surface area contributed by atoms with Crippen LogP contribution in [0.2, 0.25) is 0 Å². The normalized spacial score (nSPS) is 12.1. The number of aryl methyl sites for hydroxylation is 1. The van der Waals surface area contributed by atoms with Crippen molar-refractivity contribution in [2.24, 2.45) is 5.92 Å². The minimum absolute atomic E-state index is 0.0715. The van der Waals surface area contributed by atoms with Gasteiger partial charge in [0.2, 0.25) is 5.91 Å². The van der Waals surface area contributed by atoms with Crippen molar-refractivity contribution in [3.63, 3.8) is 0 Å². The molecule has 2 N–H and O–H groups in total. The van der Waals surface area contributed by atoms with Gasteiger partial charge in [0.05, 0.1) is 0 Å². The van der Waals surface area contributed by atoms with E-state index in [0.717, 1.165) is 18.2 Å². The molecule has 0 aliphatic carbocycles. The van der Waals surface area contributed by atoms with Gasteiger partial charge in [-0.05, 0) is 37.5 Å². The van der Waals surface area contributed by atoms with Gasteiger partial charge < -0.3 is 15.2 Å². The van der Waals surface area contributed by atoms with Gasteiger partial charge in [-0.15, -0.1) is 0 Å². The highest BCUT2D eigenvalue weighted by molar-refractivity contribution is 6.00. The number of amides is 2. The number of carbonyl (C=O) groups is 2. The standard InChI is InChI=1S/C17H19F2N3O3/c1-9(2)6-14(17(24)21-15-7-10(3)25-22-15)20-16(23)11-4-5-12(18)13(19)8-11/h4-5,7-9,14H,6H2,1-3H3,(H,20,23)(H,21,22,24)/t14-/m1/s1. The number of rotatable bonds is 6. The molecule has 1 aromatic heterocycles. The zero-order valence-electron chi connectivity index (χ0n) is 14.1. The van der Waals surface area contributed by atoms with Crippen molar-refractivity contribution in [2.75, 3.05) is 5.32 Å². The molecule has 2 amide bonds. The number of nitrogens with zero attached hydrogens (tertiary/aromatic N) is 1. The van der Waals surface area contributed by atoms with E-state index in [1.54, 1.807) is 13.0 Å².